The van der Waals surface area contributed by atoms with Crippen LogP contribution in [0.4, 0.5) is 0 Å². The van der Waals surface area contributed by atoms with Crippen molar-refractivity contribution in [1.29, 1.82) is 0 Å². The molecular formula is C22H19BrN2O4. The Bertz CT molecular complexity index is 1080. The van der Waals surface area contributed by atoms with Crippen molar-refractivity contribution >= 4 is 21.6 Å². The maximum atomic E-state index is 6.45. The molecule has 2 atom stereocenters. The van der Waals surface area contributed by atoms with Crippen molar-refractivity contribution in [2.24, 2.45) is 5.10 Å². The molecule has 0 N–H and O–H groups in total. The third-order valence-electron chi connectivity index (χ3n) is 5.27. The summed E-state index contributed by atoms with van der Waals surface area (Å²) in [4.78, 5) is 0. The molecule has 2 aliphatic heterocycles. The Balaban J connectivity index is 1.62. The molecule has 3 heterocycles. The largest absolute Gasteiger partial charge is 0.496 e. The molecule has 0 radical (unpaired) electrons. The van der Waals surface area contributed by atoms with Gasteiger partial charge in [0.05, 0.1) is 31.0 Å². The van der Waals surface area contributed by atoms with E-state index in [1.54, 1.807) is 20.5 Å². The van der Waals surface area contributed by atoms with Gasteiger partial charge in [-0.15, -0.1) is 0 Å². The minimum absolute atomic E-state index is 0.0276. The van der Waals surface area contributed by atoms with Crippen molar-refractivity contribution in [2.75, 3.05) is 14.2 Å². The number of rotatable bonds is 4. The molecule has 0 amide bonds. The van der Waals surface area contributed by atoms with Crippen LogP contribution < -0.4 is 14.2 Å². The van der Waals surface area contributed by atoms with Crippen molar-refractivity contribution in [3.05, 3.63) is 76.2 Å². The molecular weight excluding hydrogens is 436 g/mol. The fraction of sp³-hybridized carbons (Fsp3) is 0.227. The van der Waals surface area contributed by atoms with Gasteiger partial charge in [-0.2, -0.15) is 5.10 Å². The highest BCUT2D eigenvalue weighted by molar-refractivity contribution is 9.10. The summed E-state index contributed by atoms with van der Waals surface area (Å²) in [5.74, 6) is 3.01. The van der Waals surface area contributed by atoms with E-state index in [2.05, 4.69) is 22.0 Å². The minimum atomic E-state index is -0.404. The van der Waals surface area contributed by atoms with E-state index >= 15 is 0 Å². The average molecular weight is 455 g/mol. The summed E-state index contributed by atoms with van der Waals surface area (Å²) in [7, 11) is 3.30. The zero-order valence-corrected chi connectivity index (χ0v) is 17.5. The van der Waals surface area contributed by atoms with E-state index in [4.69, 9.17) is 23.7 Å². The third-order valence-corrected chi connectivity index (χ3v) is 5.89. The van der Waals surface area contributed by atoms with Crippen molar-refractivity contribution in [1.82, 2.24) is 5.01 Å². The zero-order valence-electron chi connectivity index (χ0n) is 16.0. The van der Waals surface area contributed by atoms with Gasteiger partial charge in [0.25, 0.3) is 0 Å². The topological polar surface area (TPSA) is 56.4 Å². The number of hydrazone groups is 1. The van der Waals surface area contributed by atoms with Crippen LogP contribution in [0.3, 0.4) is 0 Å². The summed E-state index contributed by atoms with van der Waals surface area (Å²) >= 11 is 3.58. The van der Waals surface area contributed by atoms with Crippen molar-refractivity contribution in [3.8, 4) is 17.2 Å². The molecule has 29 heavy (non-hydrogen) atoms. The Morgan fingerprint density at radius 1 is 1.07 bits per heavy atom. The Hall–Kier alpha value is -2.93. The van der Waals surface area contributed by atoms with Gasteiger partial charge in [0.2, 0.25) is 6.23 Å². The summed E-state index contributed by atoms with van der Waals surface area (Å²) in [6, 6.07) is 15.7. The quantitative estimate of drug-likeness (QED) is 0.535. The maximum absolute atomic E-state index is 6.45. The Kier molecular flexibility index (Phi) is 4.47. The molecule has 2 aromatic carbocycles. The van der Waals surface area contributed by atoms with Gasteiger partial charge in [-0.05, 0) is 52.3 Å². The van der Waals surface area contributed by atoms with E-state index in [1.165, 1.54) is 0 Å². The number of para-hydroxylation sites is 1. The number of furan rings is 1. The summed E-state index contributed by atoms with van der Waals surface area (Å²) < 4.78 is 23.9. The average Bonchev–Trinajstić information content (AvgIpc) is 3.42. The van der Waals surface area contributed by atoms with Gasteiger partial charge < -0.3 is 18.6 Å². The van der Waals surface area contributed by atoms with Crippen LogP contribution in [0.15, 0.2) is 68.8 Å². The second kappa shape index (κ2) is 7.15. The highest BCUT2D eigenvalue weighted by Crippen LogP contribution is 2.51. The van der Waals surface area contributed by atoms with Crippen molar-refractivity contribution < 1.29 is 18.6 Å². The number of fused-ring (bicyclic) bond motifs is 3. The van der Waals surface area contributed by atoms with E-state index in [0.717, 1.165) is 45.0 Å². The fourth-order valence-electron chi connectivity index (χ4n) is 3.89. The Labute approximate surface area is 176 Å². The molecule has 2 aliphatic rings. The Morgan fingerprint density at radius 2 is 1.93 bits per heavy atom. The van der Waals surface area contributed by atoms with Crippen LogP contribution in [0.25, 0.3) is 0 Å². The van der Waals surface area contributed by atoms with E-state index in [-0.39, 0.29) is 6.04 Å². The smallest absolute Gasteiger partial charge is 0.214 e. The van der Waals surface area contributed by atoms with Crippen LogP contribution >= 0.6 is 15.9 Å². The molecule has 0 bridgehead atoms. The van der Waals surface area contributed by atoms with Crippen molar-refractivity contribution in [3.63, 3.8) is 0 Å². The number of ether oxygens (including phenoxy) is 3. The number of methoxy groups -OCH3 is 2. The monoisotopic (exact) mass is 454 g/mol. The molecule has 1 aromatic heterocycles. The lowest BCUT2D eigenvalue weighted by Gasteiger charge is -2.38. The van der Waals surface area contributed by atoms with E-state index in [0.29, 0.717) is 5.75 Å². The van der Waals surface area contributed by atoms with Gasteiger partial charge in [0.1, 0.15) is 17.2 Å². The first-order valence-corrected chi connectivity index (χ1v) is 10.1. The van der Waals surface area contributed by atoms with E-state index < -0.39 is 6.23 Å². The van der Waals surface area contributed by atoms with Gasteiger partial charge in [0.15, 0.2) is 11.5 Å². The maximum Gasteiger partial charge on any atom is 0.214 e. The molecule has 7 heteroatoms. The first kappa shape index (κ1) is 18.1. The fourth-order valence-corrected chi connectivity index (χ4v) is 4.45. The highest BCUT2D eigenvalue weighted by Gasteiger charge is 2.42. The number of benzene rings is 2. The molecule has 0 unspecified atom stereocenters. The first-order chi connectivity index (χ1) is 14.2. The molecule has 3 aromatic rings. The molecule has 148 valence electrons. The standard InChI is InChI=1S/C22H19BrN2O4/c1-26-18-9-8-13(11-15(18)23)22-25-17(12-16(24-25)19-7-4-10-28-19)14-5-3-6-20(27-2)21(14)29-22/h3-11,17,22H,12H2,1-2H3/t17-,22+/m0/s1. The van der Waals surface area contributed by atoms with Crippen LogP contribution in [0.1, 0.15) is 35.6 Å². The van der Waals surface area contributed by atoms with Crippen LogP contribution in [0, 0.1) is 0 Å². The lowest BCUT2D eigenvalue weighted by Crippen LogP contribution is -2.33. The van der Waals surface area contributed by atoms with Crippen LogP contribution in [-0.4, -0.2) is 24.9 Å². The molecule has 6 nitrogen and oxygen atoms in total. The Morgan fingerprint density at radius 3 is 2.66 bits per heavy atom. The summed E-state index contributed by atoms with van der Waals surface area (Å²) in [5, 5.41) is 6.89. The lowest BCUT2D eigenvalue weighted by molar-refractivity contribution is -0.0209. The minimum Gasteiger partial charge on any atom is -0.496 e. The predicted octanol–water partition coefficient (Wildman–Crippen LogP) is 5.30. The number of nitrogens with zero attached hydrogens (tertiary/aromatic N) is 2. The zero-order chi connectivity index (χ0) is 20.0. The van der Waals surface area contributed by atoms with Gasteiger partial charge in [0, 0.05) is 17.5 Å². The lowest BCUT2D eigenvalue weighted by atomic mass is 9.97. The van der Waals surface area contributed by atoms with E-state index in [1.807, 2.05) is 47.5 Å². The molecule has 0 spiro atoms. The van der Waals surface area contributed by atoms with Crippen molar-refractivity contribution in [2.45, 2.75) is 18.7 Å². The molecule has 0 saturated carbocycles. The van der Waals surface area contributed by atoms with Crippen LogP contribution in [-0.2, 0) is 0 Å². The van der Waals surface area contributed by atoms with Crippen LogP contribution in [0.2, 0.25) is 0 Å². The molecule has 0 aliphatic carbocycles. The van der Waals surface area contributed by atoms with Gasteiger partial charge in [-0.1, -0.05) is 12.1 Å². The number of halogens is 1. The number of hydrogen-bond donors (Lipinski definition) is 0. The van der Waals surface area contributed by atoms with Gasteiger partial charge in [-0.3, -0.25) is 0 Å². The van der Waals surface area contributed by atoms with Crippen LogP contribution in [0.5, 0.6) is 17.2 Å². The van der Waals surface area contributed by atoms with Gasteiger partial charge in [-0.25, -0.2) is 5.01 Å². The summed E-state index contributed by atoms with van der Waals surface area (Å²) in [6.45, 7) is 0. The van der Waals surface area contributed by atoms with Gasteiger partial charge >= 0.3 is 0 Å². The summed E-state index contributed by atoms with van der Waals surface area (Å²) in [5.41, 5.74) is 2.92. The SMILES string of the molecule is COc1ccc([C@H]2Oc3c(OC)cccc3[C@@H]3CC(c4ccco4)=NN23)cc1Br. The number of hydrogen-bond acceptors (Lipinski definition) is 6. The predicted molar refractivity (Wildman–Crippen MR) is 111 cm³/mol. The first-order valence-electron chi connectivity index (χ1n) is 9.26. The molecule has 5 rings (SSSR count). The second-order valence-corrected chi connectivity index (χ2v) is 7.72. The van der Waals surface area contributed by atoms with E-state index in [9.17, 15) is 0 Å². The summed E-state index contributed by atoms with van der Waals surface area (Å²) in [6.07, 6.45) is 1.99. The third kappa shape index (κ3) is 2.97. The second-order valence-electron chi connectivity index (χ2n) is 6.87. The molecule has 0 fully saturated rings. The highest BCUT2D eigenvalue weighted by atomic mass is 79.9. The molecule has 0 saturated heterocycles. The normalized spacial score (nSPS) is 19.8.